The van der Waals surface area contributed by atoms with E-state index in [9.17, 15) is 0 Å². The molecule has 0 aromatic heterocycles. The molecule has 0 heterocycles. The van der Waals surface area contributed by atoms with Crippen LogP contribution in [0.4, 0.5) is 0 Å². The van der Waals surface area contributed by atoms with E-state index < -0.39 is 0 Å². The molecule has 0 fully saturated rings. The maximum absolute atomic E-state index is 3.12. The summed E-state index contributed by atoms with van der Waals surface area (Å²) in [6.07, 6.45) is 0.519. The number of rotatable bonds is 5. The summed E-state index contributed by atoms with van der Waals surface area (Å²) in [5.74, 6) is 0. The third-order valence-electron chi connectivity index (χ3n) is 1.58. The molecular formula is C6H18N4. The smallest absolute Gasteiger partial charge is 0.0861 e. The second-order valence-electron chi connectivity index (χ2n) is 2.11. The molecule has 0 aromatic rings. The third kappa shape index (κ3) is 2.62. The molecule has 0 spiro atoms. The van der Waals surface area contributed by atoms with Crippen LogP contribution in [0.1, 0.15) is 0 Å². The van der Waals surface area contributed by atoms with Gasteiger partial charge in [0.25, 0.3) is 0 Å². The highest BCUT2D eigenvalue weighted by atomic mass is 15.2. The lowest BCUT2D eigenvalue weighted by Crippen LogP contribution is -2.58. The minimum Gasteiger partial charge on any atom is -0.303 e. The van der Waals surface area contributed by atoms with Crippen LogP contribution < -0.4 is 21.3 Å². The van der Waals surface area contributed by atoms with Gasteiger partial charge in [-0.2, -0.15) is 0 Å². The minimum absolute atomic E-state index is 0.259. The zero-order chi connectivity index (χ0) is 7.98. The molecule has 0 aliphatic carbocycles. The van der Waals surface area contributed by atoms with E-state index in [0.29, 0.717) is 0 Å². The van der Waals surface area contributed by atoms with Crippen molar-refractivity contribution in [3.05, 3.63) is 0 Å². The SMILES string of the molecule is CNC(NC)C(NC)NC. The van der Waals surface area contributed by atoms with Gasteiger partial charge in [0, 0.05) is 0 Å². The van der Waals surface area contributed by atoms with Crippen LogP contribution in [0.25, 0.3) is 0 Å². The summed E-state index contributed by atoms with van der Waals surface area (Å²) in [6.45, 7) is 0. The van der Waals surface area contributed by atoms with Crippen LogP contribution in [-0.2, 0) is 0 Å². The molecule has 0 amide bonds. The minimum atomic E-state index is 0.259. The van der Waals surface area contributed by atoms with Gasteiger partial charge >= 0.3 is 0 Å². The summed E-state index contributed by atoms with van der Waals surface area (Å²) in [4.78, 5) is 0. The first-order valence-electron chi connectivity index (χ1n) is 3.49. The molecule has 0 atom stereocenters. The first-order valence-corrected chi connectivity index (χ1v) is 3.49. The third-order valence-corrected chi connectivity index (χ3v) is 1.58. The van der Waals surface area contributed by atoms with Crippen molar-refractivity contribution in [3.63, 3.8) is 0 Å². The lowest BCUT2D eigenvalue weighted by molar-refractivity contribution is 0.332. The van der Waals surface area contributed by atoms with Crippen LogP contribution in [0.15, 0.2) is 0 Å². The van der Waals surface area contributed by atoms with Crippen LogP contribution in [0.2, 0.25) is 0 Å². The molecule has 4 nitrogen and oxygen atoms in total. The predicted molar refractivity (Wildman–Crippen MR) is 43.8 cm³/mol. The van der Waals surface area contributed by atoms with Gasteiger partial charge in [0.1, 0.15) is 0 Å². The van der Waals surface area contributed by atoms with Gasteiger partial charge in [-0.3, -0.25) is 0 Å². The van der Waals surface area contributed by atoms with Crippen LogP contribution in [0, 0.1) is 0 Å². The van der Waals surface area contributed by atoms with E-state index in [2.05, 4.69) is 21.3 Å². The van der Waals surface area contributed by atoms with Crippen molar-refractivity contribution in [1.29, 1.82) is 0 Å². The van der Waals surface area contributed by atoms with E-state index in [1.807, 2.05) is 28.2 Å². The fourth-order valence-corrected chi connectivity index (χ4v) is 0.955. The monoisotopic (exact) mass is 146 g/mol. The lowest BCUT2D eigenvalue weighted by Gasteiger charge is -2.25. The highest BCUT2D eigenvalue weighted by Gasteiger charge is 2.12. The molecule has 0 aliphatic rings. The Morgan fingerprint density at radius 1 is 0.600 bits per heavy atom. The van der Waals surface area contributed by atoms with Crippen molar-refractivity contribution in [1.82, 2.24) is 21.3 Å². The molecule has 0 aliphatic heterocycles. The number of hydrogen-bond acceptors (Lipinski definition) is 4. The molecule has 0 saturated heterocycles. The standard InChI is InChI=1S/C6H18N4/c1-7-5(8-2)6(9-3)10-4/h5-10H,1-4H3. The Kier molecular flexibility index (Phi) is 5.52. The maximum atomic E-state index is 3.12. The Hall–Kier alpha value is -0.160. The van der Waals surface area contributed by atoms with E-state index in [4.69, 9.17) is 0 Å². The summed E-state index contributed by atoms with van der Waals surface area (Å²) in [7, 11) is 7.68. The summed E-state index contributed by atoms with van der Waals surface area (Å²) >= 11 is 0. The summed E-state index contributed by atoms with van der Waals surface area (Å²) in [5, 5.41) is 12.5. The van der Waals surface area contributed by atoms with Crippen molar-refractivity contribution < 1.29 is 0 Å². The average molecular weight is 146 g/mol. The van der Waals surface area contributed by atoms with Gasteiger partial charge < -0.3 is 21.3 Å². The summed E-state index contributed by atoms with van der Waals surface area (Å²) in [5.41, 5.74) is 0. The number of nitrogens with one attached hydrogen (secondary N) is 4. The molecule has 4 N–H and O–H groups in total. The molecule has 10 heavy (non-hydrogen) atoms. The van der Waals surface area contributed by atoms with Crippen LogP contribution in [0.5, 0.6) is 0 Å². The molecule has 0 radical (unpaired) electrons. The Morgan fingerprint density at radius 2 is 0.800 bits per heavy atom. The van der Waals surface area contributed by atoms with E-state index in [0.717, 1.165) is 0 Å². The van der Waals surface area contributed by atoms with Gasteiger partial charge in [-0.25, -0.2) is 0 Å². The van der Waals surface area contributed by atoms with Crippen molar-refractivity contribution in [2.75, 3.05) is 28.2 Å². The van der Waals surface area contributed by atoms with E-state index in [1.54, 1.807) is 0 Å². The lowest BCUT2D eigenvalue weighted by atomic mass is 10.4. The first kappa shape index (κ1) is 9.84. The molecule has 0 bridgehead atoms. The normalized spacial score (nSPS) is 11.4. The van der Waals surface area contributed by atoms with Gasteiger partial charge in [0.15, 0.2) is 0 Å². The maximum Gasteiger partial charge on any atom is 0.0861 e. The van der Waals surface area contributed by atoms with Gasteiger partial charge in [0.2, 0.25) is 0 Å². The van der Waals surface area contributed by atoms with E-state index >= 15 is 0 Å². The molecule has 0 saturated carbocycles. The van der Waals surface area contributed by atoms with Gasteiger partial charge in [-0.1, -0.05) is 0 Å². The van der Waals surface area contributed by atoms with Gasteiger partial charge in [-0.15, -0.1) is 0 Å². The average Bonchev–Trinajstić information content (AvgIpc) is 2.00. The number of likely N-dealkylation sites (N-methyl/N-ethyl adjacent to an activating group) is 4. The summed E-state index contributed by atoms with van der Waals surface area (Å²) in [6, 6.07) is 0. The predicted octanol–water partition coefficient (Wildman–Crippen LogP) is -1.48. The van der Waals surface area contributed by atoms with E-state index in [-0.39, 0.29) is 12.3 Å². The quantitative estimate of drug-likeness (QED) is 0.357. The van der Waals surface area contributed by atoms with Crippen molar-refractivity contribution in [2.24, 2.45) is 0 Å². The topological polar surface area (TPSA) is 48.1 Å². The van der Waals surface area contributed by atoms with Crippen molar-refractivity contribution >= 4 is 0 Å². The second-order valence-corrected chi connectivity index (χ2v) is 2.11. The van der Waals surface area contributed by atoms with Gasteiger partial charge in [-0.05, 0) is 28.2 Å². The first-order chi connectivity index (χ1) is 4.79. The molecular weight excluding hydrogens is 128 g/mol. The molecule has 0 aromatic carbocycles. The zero-order valence-corrected chi connectivity index (χ0v) is 7.15. The Labute approximate surface area is 62.8 Å². The molecule has 0 unspecified atom stereocenters. The Bertz CT molecular complexity index is 58.1. The highest BCUT2D eigenvalue weighted by molar-refractivity contribution is 4.72. The van der Waals surface area contributed by atoms with Crippen LogP contribution >= 0.6 is 0 Å². The van der Waals surface area contributed by atoms with Gasteiger partial charge in [0.05, 0.1) is 12.3 Å². The fraction of sp³-hybridized carbons (Fsp3) is 1.00. The molecule has 4 heteroatoms. The molecule has 62 valence electrons. The zero-order valence-electron chi connectivity index (χ0n) is 7.15. The fourth-order valence-electron chi connectivity index (χ4n) is 0.955. The van der Waals surface area contributed by atoms with Crippen molar-refractivity contribution in [3.8, 4) is 0 Å². The molecule has 0 rings (SSSR count). The number of hydrogen-bond donors (Lipinski definition) is 4. The van der Waals surface area contributed by atoms with Crippen molar-refractivity contribution in [2.45, 2.75) is 12.3 Å². The largest absolute Gasteiger partial charge is 0.303 e. The van der Waals surface area contributed by atoms with E-state index in [1.165, 1.54) is 0 Å². The second kappa shape index (κ2) is 5.61. The van der Waals surface area contributed by atoms with Crippen LogP contribution in [-0.4, -0.2) is 40.5 Å². The van der Waals surface area contributed by atoms with Crippen LogP contribution in [0.3, 0.4) is 0 Å². The Morgan fingerprint density at radius 3 is 0.900 bits per heavy atom. The Balaban J connectivity index is 3.70. The highest BCUT2D eigenvalue weighted by Crippen LogP contribution is 1.80. The summed E-state index contributed by atoms with van der Waals surface area (Å²) < 4.78 is 0.